The van der Waals surface area contributed by atoms with Crippen molar-refractivity contribution in [2.45, 2.75) is 13.8 Å². The summed E-state index contributed by atoms with van der Waals surface area (Å²) in [5, 5.41) is 2.89. The van der Waals surface area contributed by atoms with Crippen LogP contribution in [0.15, 0.2) is 35.6 Å². The Labute approximate surface area is 79.0 Å². The number of amides is 1. The maximum Gasteiger partial charge on any atom is 0.250 e. The normalized spacial score (nSPS) is 12.5. The number of hydrogen-bond acceptors (Lipinski definition) is 2. The Kier molecular flexibility index (Phi) is 4.59. The summed E-state index contributed by atoms with van der Waals surface area (Å²) in [6.07, 6.45) is 3.45. The lowest BCUT2D eigenvalue weighted by Crippen LogP contribution is -2.21. The SMILES string of the molecule is C=C(C)/C=C(C(N)=O)/C(=C/C)NC. The Morgan fingerprint density at radius 3 is 2.31 bits per heavy atom. The third-order valence-corrected chi connectivity index (χ3v) is 1.50. The molecule has 0 atom stereocenters. The molecule has 0 spiro atoms. The number of carbonyl (C=O) groups is 1. The van der Waals surface area contributed by atoms with Gasteiger partial charge in [0.05, 0.1) is 5.57 Å². The van der Waals surface area contributed by atoms with Crippen LogP contribution in [0.5, 0.6) is 0 Å². The second-order valence-electron chi connectivity index (χ2n) is 2.72. The lowest BCUT2D eigenvalue weighted by molar-refractivity contribution is -0.114. The van der Waals surface area contributed by atoms with E-state index < -0.39 is 5.91 Å². The quantitative estimate of drug-likeness (QED) is 0.502. The summed E-state index contributed by atoms with van der Waals surface area (Å²) >= 11 is 0. The minimum Gasteiger partial charge on any atom is -0.388 e. The first-order valence-corrected chi connectivity index (χ1v) is 4.04. The van der Waals surface area contributed by atoms with Gasteiger partial charge in [0.2, 0.25) is 0 Å². The number of nitrogens with two attached hydrogens (primary N) is 1. The summed E-state index contributed by atoms with van der Waals surface area (Å²) in [6, 6.07) is 0. The van der Waals surface area contributed by atoms with E-state index in [2.05, 4.69) is 11.9 Å². The summed E-state index contributed by atoms with van der Waals surface area (Å²) in [5.41, 5.74) is 7.18. The molecule has 3 nitrogen and oxygen atoms in total. The molecule has 0 fully saturated rings. The highest BCUT2D eigenvalue weighted by atomic mass is 16.1. The number of likely N-dealkylation sites (N-methyl/N-ethyl adjacent to an activating group) is 1. The van der Waals surface area contributed by atoms with Crippen LogP contribution in [0.25, 0.3) is 0 Å². The van der Waals surface area contributed by atoms with E-state index >= 15 is 0 Å². The van der Waals surface area contributed by atoms with Crippen LogP contribution in [0.2, 0.25) is 0 Å². The fourth-order valence-electron chi connectivity index (χ4n) is 0.963. The first kappa shape index (κ1) is 11.5. The third kappa shape index (κ3) is 3.60. The van der Waals surface area contributed by atoms with E-state index in [1.807, 2.05) is 13.8 Å². The van der Waals surface area contributed by atoms with E-state index in [-0.39, 0.29) is 0 Å². The zero-order valence-electron chi connectivity index (χ0n) is 8.35. The number of primary amides is 1. The van der Waals surface area contributed by atoms with Crippen LogP contribution in [-0.4, -0.2) is 13.0 Å². The Morgan fingerprint density at radius 2 is 2.08 bits per heavy atom. The lowest BCUT2D eigenvalue weighted by atomic mass is 10.1. The van der Waals surface area contributed by atoms with Crippen LogP contribution in [0.1, 0.15) is 13.8 Å². The number of hydrogen-bond donors (Lipinski definition) is 2. The molecule has 0 aromatic carbocycles. The average molecular weight is 180 g/mol. The van der Waals surface area contributed by atoms with Gasteiger partial charge in [-0.2, -0.15) is 0 Å². The van der Waals surface area contributed by atoms with Gasteiger partial charge < -0.3 is 11.1 Å². The van der Waals surface area contributed by atoms with Gasteiger partial charge in [-0.05, 0) is 19.9 Å². The van der Waals surface area contributed by atoms with E-state index in [1.165, 1.54) is 0 Å². The van der Waals surface area contributed by atoms with E-state index in [9.17, 15) is 4.79 Å². The Hall–Kier alpha value is -1.51. The van der Waals surface area contributed by atoms with Gasteiger partial charge in [-0.3, -0.25) is 4.79 Å². The van der Waals surface area contributed by atoms with Gasteiger partial charge >= 0.3 is 0 Å². The molecule has 0 saturated heterocycles. The number of nitrogens with one attached hydrogen (secondary N) is 1. The molecule has 0 aliphatic carbocycles. The number of allylic oxidation sites excluding steroid dienone is 3. The van der Waals surface area contributed by atoms with E-state index in [4.69, 9.17) is 5.73 Å². The predicted octanol–water partition coefficient (Wildman–Crippen LogP) is 1.10. The number of rotatable bonds is 4. The molecule has 0 rings (SSSR count). The minimum atomic E-state index is -0.453. The molecule has 0 aliphatic heterocycles. The van der Waals surface area contributed by atoms with Gasteiger partial charge in [-0.15, -0.1) is 0 Å². The van der Waals surface area contributed by atoms with Crippen molar-refractivity contribution >= 4 is 5.91 Å². The highest BCUT2D eigenvalue weighted by Crippen LogP contribution is 2.08. The van der Waals surface area contributed by atoms with Crippen LogP contribution in [0, 0.1) is 0 Å². The molecule has 13 heavy (non-hydrogen) atoms. The molecule has 0 unspecified atom stereocenters. The summed E-state index contributed by atoms with van der Waals surface area (Å²) in [5.74, 6) is -0.453. The Balaban J connectivity index is 5.03. The van der Waals surface area contributed by atoms with Crippen molar-refractivity contribution in [3.05, 3.63) is 35.6 Å². The zero-order chi connectivity index (χ0) is 10.4. The molecule has 0 heterocycles. The molecule has 3 N–H and O–H groups in total. The van der Waals surface area contributed by atoms with E-state index in [0.717, 1.165) is 11.3 Å². The first-order chi connectivity index (χ1) is 6.02. The Morgan fingerprint density at radius 1 is 1.54 bits per heavy atom. The molecule has 0 radical (unpaired) electrons. The standard InChI is InChI=1S/C10H16N2O/c1-5-9(12-4)8(10(11)13)6-7(2)3/h5-6,12H,2H2,1,3-4H3,(H2,11,13)/b8-6-,9-5-. The molecule has 0 aromatic rings. The fourth-order valence-corrected chi connectivity index (χ4v) is 0.963. The number of carbonyl (C=O) groups excluding carboxylic acids is 1. The molecule has 0 aromatic heterocycles. The predicted molar refractivity (Wildman–Crippen MR) is 54.9 cm³/mol. The monoisotopic (exact) mass is 180 g/mol. The summed E-state index contributed by atoms with van der Waals surface area (Å²) in [7, 11) is 1.74. The molecule has 1 amide bonds. The highest BCUT2D eigenvalue weighted by Gasteiger charge is 2.08. The Bertz CT molecular complexity index is 275. The summed E-state index contributed by atoms with van der Waals surface area (Å²) in [4.78, 5) is 11.0. The van der Waals surface area contributed by atoms with E-state index in [0.29, 0.717) is 5.57 Å². The van der Waals surface area contributed by atoms with Crippen LogP contribution in [-0.2, 0) is 4.79 Å². The molecule has 0 aliphatic rings. The van der Waals surface area contributed by atoms with Crippen LogP contribution in [0.3, 0.4) is 0 Å². The molecular weight excluding hydrogens is 164 g/mol. The van der Waals surface area contributed by atoms with Crippen molar-refractivity contribution in [2.75, 3.05) is 7.05 Å². The molecule has 3 heteroatoms. The van der Waals surface area contributed by atoms with Crippen molar-refractivity contribution in [3.8, 4) is 0 Å². The maximum atomic E-state index is 11.0. The first-order valence-electron chi connectivity index (χ1n) is 4.04. The van der Waals surface area contributed by atoms with Crippen molar-refractivity contribution in [1.82, 2.24) is 5.32 Å². The fraction of sp³-hybridized carbons (Fsp3) is 0.300. The van der Waals surface area contributed by atoms with Gasteiger partial charge in [0, 0.05) is 12.7 Å². The van der Waals surface area contributed by atoms with Crippen molar-refractivity contribution in [3.63, 3.8) is 0 Å². The van der Waals surface area contributed by atoms with Gasteiger partial charge in [0.15, 0.2) is 0 Å². The maximum absolute atomic E-state index is 11.0. The molecule has 72 valence electrons. The van der Waals surface area contributed by atoms with Crippen LogP contribution in [0.4, 0.5) is 0 Å². The van der Waals surface area contributed by atoms with Crippen molar-refractivity contribution in [1.29, 1.82) is 0 Å². The molecule has 0 saturated carbocycles. The topological polar surface area (TPSA) is 55.1 Å². The van der Waals surface area contributed by atoms with Gasteiger partial charge in [0.1, 0.15) is 0 Å². The van der Waals surface area contributed by atoms with Gasteiger partial charge in [0.25, 0.3) is 5.91 Å². The van der Waals surface area contributed by atoms with E-state index in [1.54, 1.807) is 19.2 Å². The zero-order valence-corrected chi connectivity index (χ0v) is 8.35. The van der Waals surface area contributed by atoms with Crippen LogP contribution < -0.4 is 11.1 Å². The largest absolute Gasteiger partial charge is 0.388 e. The minimum absolute atomic E-state index is 0.453. The molecular formula is C10H16N2O. The van der Waals surface area contributed by atoms with Gasteiger partial charge in [-0.1, -0.05) is 18.2 Å². The average Bonchev–Trinajstić information content (AvgIpc) is 2.04. The third-order valence-electron chi connectivity index (χ3n) is 1.50. The second kappa shape index (κ2) is 5.19. The van der Waals surface area contributed by atoms with Crippen LogP contribution >= 0.6 is 0 Å². The summed E-state index contributed by atoms with van der Waals surface area (Å²) in [6.45, 7) is 7.33. The summed E-state index contributed by atoms with van der Waals surface area (Å²) < 4.78 is 0. The highest BCUT2D eigenvalue weighted by molar-refractivity contribution is 5.96. The smallest absolute Gasteiger partial charge is 0.250 e. The second-order valence-corrected chi connectivity index (χ2v) is 2.72. The van der Waals surface area contributed by atoms with Crippen molar-refractivity contribution in [2.24, 2.45) is 5.73 Å². The molecule has 0 bridgehead atoms. The van der Waals surface area contributed by atoms with Crippen molar-refractivity contribution < 1.29 is 4.79 Å². The lowest BCUT2D eigenvalue weighted by Gasteiger charge is -2.07. The van der Waals surface area contributed by atoms with Gasteiger partial charge in [-0.25, -0.2) is 0 Å².